The minimum atomic E-state index is -1.23. The zero-order chi connectivity index (χ0) is 14.5. The first-order valence-corrected chi connectivity index (χ1v) is 6.33. The third-order valence-corrected chi connectivity index (χ3v) is 3.14. The van der Waals surface area contributed by atoms with Gasteiger partial charge in [-0.1, -0.05) is 37.3 Å². The molecule has 0 saturated heterocycles. The molecule has 2 aromatic rings. The molecule has 5 heteroatoms. The van der Waals surface area contributed by atoms with Gasteiger partial charge in [0.15, 0.2) is 0 Å². The van der Waals surface area contributed by atoms with Crippen LogP contribution in [0.4, 0.5) is 5.69 Å². The van der Waals surface area contributed by atoms with Crippen LogP contribution in [0.25, 0.3) is 0 Å². The number of aromatic carboxylic acids is 1. The summed E-state index contributed by atoms with van der Waals surface area (Å²) in [5.74, 6) is -1.03. The molecule has 0 saturated carbocycles. The van der Waals surface area contributed by atoms with E-state index in [1.165, 1.54) is 6.20 Å². The van der Waals surface area contributed by atoms with Crippen molar-refractivity contribution < 1.29 is 9.90 Å². The van der Waals surface area contributed by atoms with Gasteiger partial charge in [0.2, 0.25) is 0 Å². The van der Waals surface area contributed by atoms with Crippen LogP contribution in [0.1, 0.15) is 28.8 Å². The highest BCUT2D eigenvalue weighted by molar-refractivity contribution is 5.93. The third-order valence-electron chi connectivity index (χ3n) is 3.14. The summed E-state index contributed by atoms with van der Waals surface area (Å²) in [5.41, 5.74) is 0.633. The molecule has 0 aliphatic rings. The molecule has 104 valence electrons. The second kappa shape index (κ2) is 6.06. The van der Waals surface area contributed by atoms with Gasteiger partial charge >= 0.3 is 5.97 Å². The van der Waals surface area contributed by atoms with Gasteiger partial charge in [-0.3, -0.25) is 4.79 Å². The number of hydrogen-bond donors (Lipinski definition) is 3. The lowest BCUT2D eigenvalue weighted by Gasteiger charge is -2.14. The second-order valence-corrected chi connectivity index (χ2v) is 4.59. The number of H-pyrrole nitrogens is 1. The fourth-order valence-electron chi connectivity index (χ4n) is 2.00. The highest BCUT2D eigenvalue weighted by Gasteiger charge is 2.15. The van der Waals surface area contributed by atoms with E-state index in [0.29, 0.717) is 12.2 Å². The number of carbonyl (C=O) groups is 1. The molecule has 1 heterocycles. The Labute approximate surface area is 116 Å². The summed E-state index contributed by atoms with van der Waals surface area (Å²) >= 11 is 0. The highest BCUT2D eigenvalue weighted by Crippen LogP contribution is 2.17. The Morgan fingerprint density at radius 1 is 1.30 bits per heavy atom. The van der Waals surface area contributed by atoms with Crippen molar-refractivity contribution in [3.8, 4) is 0 Å². The Morgan fingerprint density at radius 3 is 2.65 bits per heavy atom. The third kappa shape index (κ3) is 3.06. The van der Waals surface area contributed by atoms with Crippen LogP contribution in [0, 0.1) is 0 Å². The molecule has 1 atom stereocenters. The van der Waals surface area contributed by atoms with E-state index in [1.807, 2.05) is 37.3 Å². The van der Waals surface area contributed by atoms with Gasteiger partial charge in [0.1, 0.15) is 5.56 Å². The molecule has 0 aliphatic carbocycles. The summed E-state index contributed by atoms with van der Waals surface area (Å²) in [5, 5.41) is 12.1. The van der Waals surface area contributed by atoms with Crippen molar-refractivity contribution in [1.82, 2.24) is 4.98 Å². The Bertz CT molecular complexity index is 650. The molecular weight excluding hydrogens is 256 g/mol. The van der Waals surface area contributed by atoms with E-state index in [1.54, 1.807) is 6.07 Å². The summed E-state index contributed by atoms with van der Waals surface area (Å²) in [6, 6.07) is 11.5. The summed E-state index contributed by atoms with van der Waals surface area (Å²) in [7, 11) is 0. The lowest BCUT2D eigenvalue weighted by atomic mass is 10.0. The van der Waals surface area contributed by atoms with Crippen molar-refractivity contribution in [2.75, 3.05) is 11.9 Å². The van der Waals surface area contributed by atoms with Gasteiger partial charge in [-0.2, -0.15) is 0 Å². The number of benzene rings is 1. The Hall–Kier alpha value is -2.56. The van der Waals surface area contributed by atoms with Crippen LogP contribution in [0.3, 0.4) is 0 Å². The van der Waals surface area contributed by atoms with Crippen LogP contribution in [0.5, 0.6) is 0 Å². The van der Waals surface area contributed by atoms with Crippen LogP contribution in [-0.4, -0.2) is 22.6 Å². The number of pyridine rings is 1. The number of anilines is 1. The van der Waals surface area contributed by atoms with Crippen molar-refractivity contribution in [2.24, 2.45) is 0 Å². The van der Waals surface area contributed by atoms with Crippen LogP contribution >= 0.6 is 0 Å². The molecule has 0 fully saturated rings. The minimum Gasteiger partial charge on any atom is -0.477 e. The average molecular weight is 272 g/mol. The van der Waals surface area contributed by atoms with E-state index >= 15 is 0 Å². The monoisotopic (exact) mass is 272 g/mol. The smallest absolute Gasteiger partial charge is 0.343 e. The van der Waals surface area contributed by atoms with E-state index in [2.05, 4.69) is 10.3 Å². The first kappa shape index (κ1) is 13.9. The van der Waals surface area contributed by atoms with Crippen LogP contribution < -0.4 is 10.9 Å². The van der Waals surface area contributed by atoms with Crippen LogP contribution in [0.15, 0.2) is 47.4 Å². The van der Waals surface area contributed by atoms with Gasteiger partial charge in [-0.25, -0.2) is 4.79 Å². The number of carboxylic acids is 1. The Kier molecular flexibility index (Phi) is 4.20. The van der Waals surface area contributed by atoms with Crippen molar-refractivity contribution in [1.29, 1.82) is 0 Å². The van der Waals surface area contributed by atoms with Gasteiger partial charge in [-0.05, 0) is 17.5 Å². The molecule has 0 bridgehead atoms. The highest BCUT2D eigenvalue weighted by atomic mass is 16.4. The molecule has 0 spiro atoms. The summed E-state index contributed by atoms with van der Waals surface area (Å²) < 4.78 is 0. The normalized spacial score (nSPS) is 11.8. The van der Waals surface area contributed by atoms with Crippen molar-refractivity contribution in [3.05, 3.63) is 64.1 Å². The number of hydrogen-bond acceptors (Lipinski definition) is 3. The predicted molar refractivity (Wildman–Crippen MR) is 77.4 cm³/mol. The molecule has 1 aromatic carbocycles. The molecular formula is C15H16N2O3. The van der Waals surface area contributed by atoms with Crippen molar-refractivity contribution in [3.63, 3.8) is 0 Å². The molecule has 1 unspecified atom stereocenters. The van der Waals surface area contributed by atoms with Crippen molar-refractivity contribution >= 4 is 11.7 Å². The zero-order valence-corrected chi connectivity index (χ0v) is 11.1. The molecule has 20 heavy (non-hydrogen) atoms. The molecule has 1 aromatic heterocycles. The maximum Gasteiger partial charge on any atom is 0.343 e. The lowest BCUT2D eigenvalue weighted by Crippen LogP contribution is -2.21. The quantitative estimate of drug-likeness (QED) is 0.780. The standard InChI is InChI=1S/C15H16N2O3/c1-10(11-5-3-2-4-6-11)9-17-12-7-8-16-14(18)13(12)15(19)20/h2-8,10H,9H2,1H3,(H,19,20)(H2,16,17,18). The number of rotatable bonds is 5. The maximum atomic E-state index is 11.5. The van der Waals surface area contributed by atoms with E-state index in [9.17, 15) is 9.59 Å². The maximum absolute atomic E-state index is 11.5. The molecule has 3 N–H and O–H groups in total. The number of aromatic amines is 1. The summed E-state index contributed by atoms with van der Waals surface area (Å²) in [6.07, 6.45) is 1.43. The van der Waals surface area contributed by atoms with E-state index in [-0.39, 0.29) is 11.5 Å². The lowest BCUT2D eigenvalue weighted by molar-refractivity contribution is 0.0696. The zero-order valence-electron chi connectivity index (χ0n) is 11.1. The average Bonchev–Trinajstić information content (AvgIpc) is 2.45. The molecule has 0 aliphatic heterocycles. The first-order chi connectivity index (χ1) is 9.59. The molecule has 0 amide bonds. The Balaban J connectivity index is 2.14. The van der Waals surface area contributed by atoms with Gasteiger partial charge in [0.05, 0.1) is 5.69 Å². The summed E-state index contributed by atoms with van der Waals surface area (Å²) in [4.78, 5) is 25.0. The largest absolute Gasteiger partial charge is 0.477 e. The molecule has 0 radical (unpaired) electrons. The van der Waals surface area contributed by atoms with E-state index in [4.69, 9.17) is 5.11 Å². The molecule has 5 nitrogen and oxygen atoms in total. The second-order valence-electron chi connectivity index (χ2n) is 4.59. The first-order valence-electron chi connectivity index (χ1n) is 6.33. The fraction of sp³-hybridized carbons (Fsp3) is 0.200. The van der Waals surface area contributed by atoms with E-state index < -0.39 is 11.5 Å². The number of carboxylic acid groups (broad SMARTS) is 1. The SMILES string of the molecule is CC(CNc1cc[nH]c(=O)c1C(=O)O)c1ccccc1. The predicted octanol–water partition coefficient (Wildman–Crippen LogP) is 2.29. The van der Waals surface area contributed by atoms with Crippen LogP contribution in [0.2, 0.25) is 0 Å². The topological polar surface area (TPSA) is 82.2 Å². The number of nitrogens with one attached hydrogen (secondary N) is 2. The Morgan fingerprint density at radius 2 is 2.00 bits per heavy atom. The molecule has 2 rings (SSSR count). The van der Waals surface area contributed by atoms with Gasteiger partial charge in [0.25, 0.3) is 5.56 Å². The van der Waals surface area contributed by atoms with Gasteiger partial charge in [-0.15, -0.1) is 0 Å². The van der Waals surface area contributed by atoms with Gasteiger partial charge in [0, 0.05) is 12.7 Å². The summed E-state index contributed by atoms with van der Waals surface area (Å²) in [6.45, 7) is 2.59. The minimum absolute atomic E-state index is 0.206. The van der Waals surface area contributed by atoms with Crippen molar-refractivity contribution in [2.45, 2.75) is 12.8 Å². The van der Waals surface area contributed by atoms with Gasteiger partial charge < -0.3 is 15.4 Å². The fourth-order valence-corrected chi connectivity index (χ4v) is 2.00. The van der Waals surface area contributed by atoms with Crippen LogP contribution in [-0.2, 0) is 0 Å². The number of aromatic nitrogens is 1. The van der Waals surface area contributed by atoms with E-state index in [0.717, 1.165) is 5.56 Å².